The molecule has 0 aromatic heterocycles. The molecule has 5 heteroatoms. The predicted octanol–water partition coefficient (Wildman–Crippen LogP) is 1.87. The lowest BCUT2D eigenvalue weighted by Gasteiger charge is -2.21. The predicted molar refractivity (Wildman–Crippen MR) is 82.6 cm³/mol. The monoisotopic (exact) mass is 298 g/mol. The summed E-state index contributed by atoms with van der Waals surface area (Å²) in [4.78, 5) is 14.0. The number of benzene rings is 1. The lowest BCUT2D eigenvalue weighted by molar-refractivity contribution is -0.131. The van der Waals surface area contributed by atoms with Gasteiger partial charge in [0.2, 0.25) is 5.91 Å². The van der Waals surface area contributed by atoms with Crippen molar-refractivity contribution in [1.82, 2.24) is 10.2 Å². The number of para-hydroxylation sites is 1. The van der Waals surface area contributed by atoms with Gasteiger partial charge in [-0.2, -0.15) is 0 Å². The van der Waals surface area contributed by atoms with Gasteiger partial charge in [0.1, 0.15) is 5.75 Å². The van der Waals surface area contributed by atoms with E-state index >= 15 is 0 Å². The SMILES string of the molecule is COc1ccccc1CCN(C)C(=O)C1CCCN1.Cl. The Morgan fingerprint density at radius 2 is 2.20 bits per heavy atom. The number of nitrogens with one attached hydrogen (secondary N) is 1. The second-order valence-electron chi connectivity index (χ2n) is 4.97. The van der Waals surface area contributed by atoms with Gasteiger partial charge in [-0.25, -0.2) is 0 Å². The summed E-state index contributed by atoms with van der Waals surface area (Å²) in [6.07, 6.45) is 2.87. The molecule has 1 unspecified atom stereocenters. The number of methoxy groups -OCH3 is 1. The van der Waals surface area contributed by atoms with Crippen molar-refractivity contribution in [2.45, 2.75) is 25.3 Å². The van der Waals surface area contributed by atoms with Crippen LogP contribution in [-0.2, 0) is 11.2 Å². The zero-order valence-corrected chi connectivity index (χ0v) is 12.9. The van der Waals surface area contributed by atoms with Crippen molar-refractivity contribution < 1.29 is 9.53 Å². The van der Waals surface area contributed by atoms with E-state index in [2.05, 4.69) is 5.32 Å². The number of hydrogen-bond donors (Lipinski definition) is 1. The van der Waals surface area contributed by atoms with Gasteiger partial charge in [-0.15, -0.1) is 12.4 Å². The summed E-state index contributed by atoms with van der Waals surface area (Å²) >= 11 is 0. The molecule has 1 saturated heterocycles. The second-order valence-corrected chi connectivity index (χ2v) is 4.97. The first-order valence-corrected chi connectivity index (χ1v) is 6.82. The molecule has 1 aromatic carbocycles. The first-order valence-electron chi connectivity index (χ1n) is 6.82. The molecule has 1 aliphatic heterocycles. The molecule has 0 spiro atoms. The molecule has 1 amide bonds. The molecule has 1 aliphatic rings. The molecule has 112 valence electrons. The second kappa shape index (κ2) is 8.12. The molecule has 1 atom stereocenters. The van der Waals surface area contributed by atoms with Crippen molar-refractivity contribution in [3.8, 4) is 5.75 Å². The van der Waals surface area contributed by atoms with E-state index in [0.717, 1.165) is 43.7 Å². The van der Waals surface area contributed by atoms with Crippen LogP contribution in [-0.4, -0.2) is 44.1 Å². The molecule has 1 aromatic rings. The minimum atomic E-state index is 0. The summed E-state index contributed by atoms with van der Waals surface area (Å²) in [6.45, 7) is 1.67. The number of likely N-dealkylation sites (N-methyl/N-ethyl adjacent to an activating group) is 1. The van der Waals surface area contributed by atoms with Crippen LogP contribution in [0.2, 0.25) is 0 Å². The van der Waals surface area contributed by atoms with Gasteiger partial charge < -0.3 is 15.0 Å². The van der Waals surface area contributed by atoms with Gasteiger partial charge in [0.15, 0.2) is 0 Å². The summed E-state index contributed by atoms with van der Waals surface area (Å²) in [6, 6.07) is 7.97. The number of carbonyl (C=O) groups excluding carboxylic acids is 1. The third-order valence-corrected chi connectivity index (χ3v) is 3.64. The highest BCUT2D eigenvalue weighted by Crippen LogP contribution is 2.18. The molecule has 2 rings (SSSR count). The van der Waals surface area contributed by atoms with Crippen LogP contribution < -0.4 is 10.1 Å². The maximum absolute atomic E-state index is 12.2. The van der Waals surface area contributed by atoms with E-state index in [1.165, 1.54) is 0 Å². The Balaban J connectivity index is 0.00000200. The van der Waals surface area contributed by atoms with Gasteiger partial charge >= 0.3 is 0 Å². The van der Waals surface area contributed by atoms with Crippen molar-refractivity contribution in [1.29, 1.82) is 0 Å². The van der Waals surface area contributed by atoms with Crippen molar-refractivity contribution in [3.63, 3.8) is 0 Å². The molecule has 1 N–H and O–H groups in total. The van der Waals surface area contributed by atoms with E-state index in [1.807, 2.05) is 36.2 Å². The summed E-state index contributed by atoms with van der Waals surface area (Å²) in [5.41, 5.74) is 1.14. The maximum Gasteiger partial charge on any atom is 0.239 e. The average Bonchev–Trinajstić information content (AvgIpc) is 2.98. The minimum absolute atomic E-state index is 0. The van der Waals surface area contributed by atoms with E-state index < -0.39 is 0 Å². The molecular weight excluding hydrogens is 276 g/mol. The number of amides is 1. The number of carbonyl (C=O) groups is 1. The number of nitrogens with zero attached hydrogens (tertiary/aromatic N) is 1. The van der Waals surface area contributed by atoms with Crippen molar-refractivity contribution in [3.05, 3.63) is 29.8 Å². The van der Waals surface area contributed by atoms with Gasteiger partial charge in [-0.1, -0.05) is 18.2 Å². The zero-order valence-electron chi connectivity index (χ0n) is 12.1. The van der Waals surface area contributed by atoms with E-state index in [9.17, 15) is 4.79 Å². The van der Waals surface area contributed by atoms with Crippen LogP contribution in [0.3, 0.4) is 0 Å². The summed E-state index contributed by atoms with van der Waals surface area (Å²) in [5.74, 6) is 1.09. The smallest absolute Gasteiger partial charge is 0.239 e. The first kappa shape index (κ1) is 16.8. The fourth-order valence-electron chi connectivity index (χ4n) is 2.47. The fraction of sp³-hybridized carbons (Fsp3) is 0.533. The molecule has 4 nitrogen and oxygen atoms in total. The molecular formula is C15H23ClN2O2. The van der Waals surface area contributed by atoms with E-state index in [0.29, 0.717) is 0 Å². The normalized spacial score (nSPS) is 17.4. The van der Waals surface area contributed by atoms with Crippen LogP contribution >= 0.6 is 12.4 Å². The largest absolute Gasteiger partial charge is 0.496 e. The van der Waals surface area contributed by atoms with Crippen LogP contribution in [0.25, 0.3) is 0 Å². The Labute approximate surface area is 126 Å². The lowest BCUT2D eigenvalue weighted by atomic mass is 10.1. The van der Waals surface area contributed by atoms with Crippen LogP contribution in [0.1, 0.15) is 18.4 Å². The highest BCUT2D eigenvalue weighted by Gasteiger charge is 2.24. The van der Waals surface area contributed by atoms with Crippen molar-refractivity contribution >= 4 is 18.3 Å². The fourth-order valence-corrected chi connectivity index (χ4v) is 2.47. The summed E-state index contributed by atoms with van der Waals surface area (Å²) in [5, 5.41) is 3.24. The van der Waals surface area contributed by atoms with Gasteiger partial charge in [0, 0.05) is 13.6 Å². The molecule has 0 aliphatic carbocycles. The van der Waals surface area contributed by atoms with E-state index in [4.69, 9.17) is 4.74 Å². The van der Waals surface area contributed by atoms with E-state index in [-0.39, 0.29) is 24.4 Å². The molecule has 0 radical (unpaired) electrons. The quantitative estimate of drug-likeness (QED) is 0.902. The van der Waals surface area contributed by atoms with Crippen LogP contribution in [0.4, 0.5) is 0 Å². The van der Waals surface area contributed by atoms with Crippen LogP contribution in [0.5, 0.6) is 5.75 Å². The number of ether oxygens (including phenoxy) is 1. The number of halogens is 1. The first-order chi connectivity index (χ1) is 9.22. The minimum Gasteiger partial charge on any atom is -0.496 e. The third-order valence-electron chi connectivity index (χ3n) is 3.64. The van der Waals surface area contributed by atoms with Gasteiger partial charge in [0.05, 0.1) is 13.2 Å². The van der Waals surface area contributed by atoms with Gasteiger partial charge in [-0.05, 0) is 37.4 Å². The molecule has 0 saturated carbocycles. The highest BCUT2D eigenvalue weighted by molar-refractivity contribution is 5.85. The standard InChI is InChI=1S/C15H22N2O2.ClH/c1-17(15(18)13-7-5-10-16-13)11-9-12-6-3-4-8-14(12)19-2;/h3-4,6,8,13,16H,5,7,9-11H2,1-2H3;1H. The number of hydrogen-bond acceptors (Lipinski definition) is 3. The molecule has 0 bridgehead atoms. The molecule has 1 fully saturated rings. The number of rotatable bonds is 5. The van der Waals surface area contributed by atoms with Crippen molar-refractivity contribution in [2.75, 3.05) is 27.2 Å². The molecule has 20 heavy (non-hydrogen) atoms. The highest BCUT2D eigenvalue weighted by atomic mass is 35.5. The van der Waals surface area contributed by atoms with Crippen LogP contribution in [0, 0.1) is 0 Å². The molecule has 1 heterocycles. The zero-order chi connectivity index (χ0) is 13.7. The van der Waals surface area contributed by atoms with Crippen molar-refractivity contribution in [2.24, 2.45) is 0 Å². The summed E-state index contributed by atoms with van der Waals surface area (Å²) in [7, 11) is 3.55. The Kier molecular flexibility index (Phi) is 6.82. The average molecular weight is 299 g/mol. The topological polar surface area (TPSA) is 41.6 Å². The third kappa shape index (κ3) is 4.12. The Morgan fingerprint density at radius 1 is 1.45 bits per heavy atom. The van der Waals surface area contributed by atoms with Crippen LogP contribution in [0.15, 0.2) is 24.3 Å². The Bertz CT molecular complexity index is 434. The van der Waals surface area contributed by atoms with Gasteiger partial charge in [-0.3, -0.25) is 4.79 Å². The maximum atomic E-state index is 12.2. The summed E-state index contributed by atoms with van der Waals surface area (Å²) < 4.78 is 5.32. The van der Waals surface area contributed by atoms with E-state index in [1.54, 1.807) is 7.11 Å². The Morgan fingerprint density at radius 3 is 2.85 bits per heavy atom. The lowest BCUT2D eigenvalue weighted by Crippen LogP contribution is -2.42. The van der Waals surface area contributed by atoms with Gasteiger partial charge in [0.25, 0.3) is 0 Å². The Hall–Kier alpha value is -1.26.